The van der Waals surface area contributed by atoms with Gasteiger partial charge in [-0.3, -0.25) is 5.21 Å². The van der Waals surface area contributed by atoms with Gasteiger partial charge in [0.05, 0.1) is 25.0 Å². The Morgan fingerprint density at radius 2 is 2.14 bits per heavy atom. The van der Waals surface area contributed by atoms with Crippen LogP contribution in [-0.2, 0) is 23.6 Å². The zero-order chi connectivity index (χ0) is 15.5. The fraction of sp³-hybridized carbons (Fsp3) is 0.308. The minimum absolute atomic E-state index is 0. The molecule has 0 atom stereocenters. The molecule has 0 aliphatic rings. The van der Waals surface area contributed by atoms with E-state index in [0.717, 1.165) is 0 Å². The van der Waals surface area contributed by atoms with Gasteiger partial charge in [-0.15, -0.1) is 4.47 Å². The molecule has 1 N–H and O–H groups in total. The Hall–Kier alpha value is -1.28. The fourth-order valence-corrected chi connectivity index (χ4v) is 3.19. The molecular weight excluding hydrogens is 349 g/mol. The molecule has 0 radical (unpaired) electrons. The van der Waals surface area contributed by atoms with Gasteiger partial charge in [0.1, 0.15) is 12.4 Å². The van der Waals surface area contributed by atoms with Crippen LogP contribution in [0.2, 0.25) is 5.02 Å². The van der Waals surface area contributed by atoms with Crippen molar-refractivity contribution in [1.82, 2.24) is 4.57 Å². The largest absolute Gasteiger partial charge is 1.00 e. The molecule has 0 saturated heterocycles. The second-order valence-corrected chi connectivity index (χ2v) is 7.06. The number of hydrogen-bond acceptors (Lipinski definition) is 3. The van der Waals surface area contributed by atoms with E-state index in [1.807, 2.05) is 34.9 Å². The molecule has 6 nitrogen and oxygen atoms in total. The highest BCUT2D eigenvalue weighted by atomic mass is 35.5. The van der Waals surface area contributed by atoms with Crippen molar-refractivity contribution < 1.29 is 30.6 Å². The molecule has 0 aliphatic carbocycles. The molecule has 0 unspecified atom stereocenters. The van der Waals surface area contributed by atoms with Gasteiger partial charge in [-0.25, -0.2) is 17.6 Å². The van der Waals surface area contributed by atoms with Crippen LogP contribution in [0.5, 0.6) is 0 Å². The van der Waals surface area contributed by atoms with Crippen LogP contribution in [0.3, 0.4) is 0 Å². The molecule has 9 heteroatoms. The van der Waals surface area contributed by atoms with Crippen LogP contribution in [0.1, 0.15) is 6.42 Å². The highest BCUT2D eigenvalue weighted by molar-refractivity contribution is 7.92. The van der Waals surface area contributed by atoms with Crippen molar-refractivity contribution in [2.45, 2.75) is 13.0 Å². The lowest BCUT2D eigenvalue weighted by atomic mass is 10.3. The molecule has 2 aromatic rings. The first kappa shape index (κ1) is 18.8. The zero-order valence-electron chi connectivity index (χ0n) is 11.9. The van der Waals surface area contributed by atoms with Crippen LogP contribution in [0.25, 0.3) is 0 Å². The normalized spacial score (nSPS) is 11.0. The maximum absolute atomic E-state index is 12.1. The van der Waals surface area contributed by atoms with Crippen molar-refractivity contribution >= 4 is 27.3 Å². The number of imidazole rings is 1. The topological polar surface area (TPSA) is 66.4 Å². The third-order valence-corrected chi connectivity index (χ3v) is 4.71. The van der Waals surface area contributed by atoms with E-state index in [4.69, 9.17) is 11.6 Å². The summed E-state index contributed by atoms with van der Waals surface area (Å²) in [5, 5.41) is 10.2. The first-order chi connectivity index (χ1) is 9.88. The Morgan fingerprint density at radius 1 is 1.41 bits per heavy atom. The Bertz CT molecular complexity index is 719. The Morgan fingerprint density at radius 3 is 2.73 bits per heavy atom. The summed E-state index contributed by atoms with van der Waals surface area (Å²) in [6.45, 7) is 0.559. The number of benzene rings is 1. The van der Waals surface area contributed by atoms with Gasteiger partial charge in [-0.1, -0.05) is 17.7 Å². The van der Waals surface area contributed by atoms with E-state index >= 15 is 0 Å². The molecule has 122 valence electrons. The molecule has 0 saturated carbocycles. The summed E-state index contributed by atoms with van der Waals surface area (Å²) in [7, 11) is -1.89. The van der Waals surface area contributed by atoms with Crippen LogP contribution >= 0.6 is 11.6 Å². The second kappa shape index (κ2) is 7.82. The summed E-state index contributed by atoms with van der Waals surface area (Å²) in [5.74, 6) is -0.155. The number of sulfonamides is 1. The fourth-order valence-electron chi connectivity index (χ4n) is 1.91. The molecule has 0 amide bonds. The van der Waals surface area contributed by atoms with Gasteiger partial charge in [0.2, 0.25) is 6.33 Å². The molecule has 0 bridgehead atoms. The highest BCUT2D eigenvalue weighted by Crippen LogP contribution is 2.20. The van der Waals surface area contributed by atoms with Crippen LogP contribution in [0.15, 0.2) is 43.0 Å². The van der Waals surface area contributed by atoms with Gasteiger partial charge in [-0.05, 0) is 18.2 Å². The summed E-state index contributed by atoms with van der Waals surface area (Å²) < 4.78 is 28.2. The molecular formula is C13H17Cl2N3O3S. The lowest BCUT2D eigenvalue weighted by Crippen LogP contribution is -3.00. The van der Waals surface area contributed by atoms with Crippen molar-refractivity contribution in [1.29, 1.82) is 0 Å². The third-order valence-electron chi connectivity index (χ3n) is 2.93. The first-order valence-corrected chi connectivity index (χ1v) is 8.36. The first-order valence-electron chi connectivity index (χ1n) is 6.37. The van der Waals surface area contributed by atoms with Crippen LogP contribution in [-0.4, -0.2) is 23.9 Å². The van der Waals surface area contributed by atoms with Crippen molar-refractivity contribution in [3.05, 3.63) is 48.0 Å². The van der Waals surface area contributed by atoms with E-state index in [-0.39, 0.29) is 28.3 Å². The number of rotatable bonds is 6. The summed E-state index contributed by atoms with van der Waals surface area (Å²) in [6.07, 6.45) is 5.99. The summed E-state index contributed by atoms with van der Waals surface area (Å²) in [6, 6.07) is 6.06. The van der Waals surface area contributed by atoms with E-state index in [2.05, 4.69) is 0 Å². The van der Waals surface area contributed by atoms with E-state index < -0.39 is 10.0 Å². The van der Waals surface area contributed by atoms with E-state index in [9.17, 15) is 13.6 Å². The van der Waals surface area contributed by atoms with Crippen LogP contribution in [0.4, 0.5) is 5.69 Å². The standard InChI is InChI=1S/C13H17ClN3O3S.ClH/c1-15-7-8-16(11-15)6-3-9-21(19,20)17(18)13-5-2-4-12(14)10-13;/h2,4-5,7-8,10-11,18H,3,6,9H2,1H3;1H/q+1;/p-1. The van der Waals surface area contributed by atoms with Crippen molar-refractivity contribution in [3.63, 3.8) is 0 Å². The molecule has 1 aromatic heterocycles. The maximum Gasteiger partial charge on any atom is 0.257 e. The number of aromatic nitrogens is 2. The average molecular weight is 366 g/mol. The smallest absolute Gasteiger partial charge is 0.257 e. The van der Waals surface area contributed by atoms with Crippen molar-refractivity contribution in [2.75, 3.05) is 10.2 Å². The van der Waals surface area contributed by atoms with Gasteiger partial charge in [-0.2, -0.15) is 0 Å². The summed E-state index contributed by atoms with van der Waals surface area (Å²) in [4.78, 5) is 0. The SMILES string of the molecule is C[n+]1ccn(CCCS(=O)(=O)N(O)c2cccc(Cl)c2)c1.[Cl-]. The lowest BCUT2D eigenvalue weighted by molar-refractivity contribution is -0.671. The second-order valence-electron chi connectivity index (χ2n) is 4.71. The van der Waals surface area contributed by atoms with E-state index in [0.29, 0.717) is 18.0 Å². The number of anilines is 1. The molecule has 0 fully saturated rings. The third kappa shape index (κ3) is 4.88. The quantitative estimate of drug-likeness (QED) is 0.505. The number of aryl methyl sites for hydroxylation is 2. The van der Waals surface area contributed by atoms with E-state index in [1.165, 1.54) is 12.1 Å². The van der Waals surface area contributed by atoms with Gasteiger partial charge in [0.15, 0.2) is 0 Å². The lowest BCUT2D eigenvalue weighted by Gasteiger charge is -2.16. The molecule has 2 rings (SSSR count). The molecule has 22 heavy (non-hydrogen) atoms. The minimum atomic E-state index is -3.78. The highest BCUT2D eigenvalue weighted by Gasteiger charge is 2.21. The average Bonchev–Trinajstić information content (AvgIpc) is 2.83. The van der Waals surface area contributed by atoms with E-state index in [1.54, 1.807) is 12.1 Å². The van der Waals surface area contributed by atoms with Crippen molar-refractivity contribution in [3.8, 4) is 0 Å². The van der Waals surface area contributed by atoms with Gasteiger partial charge in [0, 0.05) is 11.4 Å². The summed E-state index contributed by atoms with van der Waals surface area (Å²) >= 11 is 5.79. The zero-order valence-corrected chi connectivity index (χ0v) is 14.3. The monoisotopic (exact) mass is 365 g/mol. The predicted molar refractivity (Wildman–Crippen MR) is 79.7 cm³/mol. The van der Waals surface area contributed by atoms with Gasteiger partial charge >= 0.3 is 0 Å². The molecule has 1 aromatic carbocycles. The molecule has 0 spiro atoms. The van der Waals surface area contributed by atoms with Crippen LogP contribution < -0.4 is 21.4 Å². The maximum atomic E-state index is 12.1. The van der Waals surface area contributed by atoms with Gasteiger partial charge in [0.25, 0.3) is 10.0 Å². The minimum Gasteiger partial charge on any atom is -1.00 e. The number of halogens is 2. The van der Waals surface area contributed by atoms with Crippen molar-refractivity contribution in [2.24, 2.45) is 7.05 Å². The Kier molecular flexibility index (Phi) is 6.67. The number of hydrogen-bond donors (Lipinski definition) is 1. The van der Waals surface area contributed by atoms with Gasteiger partial charge < -0.3 is 12.4 Å². The van der Waals surface area contributed by atoms with Crippen LogP contribution in [0, 0.1) is 0 Å². The predicted octanol–water partition coefficient (Wildman–Crippen LogP) is -1.41. The molecule has 0 aliphatic heterocycles. The summed E-state index contributed by atoms with van der Waals surface area (Å²) in [5.41, 5.74) is 0.134. The Balaban J connectivity index is 0.00000242. The number of nitrogens with zero attached hydrogens (tertiary/aromatic N) is 3. The molecule has 1 heterocycles. The Labute approximate surface area is 141 Å².